The molecule has 0 aliphatic carbocycles. The largest absolute Gasteiger partial charge is 0.339 e. The van der Waals surface area contributed by atoms with E-state index in [1.807, 2.05) is 0 Å². The van der Waals surface area contributed by atoms with E-state index < -0.39 is 0 Å². The number of hydrogen-bond acceptors (Lipinski definition) is 3. The van der Waals surface area contributed by atoms with E-state index in [2.05, 4.69) is 10.2 Å². The Balaban J connectivity index is 1.99. The molecule has 0 unspecified atom stereocenters. The topological polar surface area (TPSA) is 89.3 Å². The minimum Gasteiger partial charge on any atom is -0.339 e. The first-order valence-corrected chi connectivity index (χ1v) is 5.40. The van der Waals surface area contributed by atoms with Crippen molar-refractivity contribution < 1.29 is 9.59 Å². The number of carbonyl (C=O) groups excluding carboxylic acids is 2. The smallest absolute Gasteiger partial charge is 0.272 e. The summed E-state index contributed by atoms with van der Waals surface area (Å²) in [6, 6.07) is 1.24. The average Bonchev–Trinajstić information content (AvgIpc) is 2.75. The molecule has 7 nitrogen and oxygen atoms in total. The van der Waals surface area contributed by atoms with Crippen molar-refractivity contribution in [1.29, 1.82) is 0 Å². The maximum atomic E-state index is 11.9. The minimum atomic E-state index is -0.323. The summed E-state index contributed by atoms with van der Waals surface area (Å²) < 4.78 is 0. The van der Waals surface area contributed by atoms with Crippen LogP contribution in [0.25, 0.3) is 0 Å². The van der Waals surface area contributed by atoms with Crippen molar-refractivity contribution in [3.05, 3.63) is 22.1 Å². The van der Waals surface area contributed by atoms with Gasteiger partial charge in [0.1, 0.15) is 5.69 Å². The van der Waals surface area contributed by atoms with Crippen LogP contribution in [0.2, 0.25) is 0 Å². The molecular formula is C10H14N4O3. The Kier molecular flexibility index (Phi) is 2.99. The number of hydrogen-bond donors (Lipinski definition) is 2. The molecule has 1 aromatic rings. The Morgan fingerprint density at radius 1 is 1.12 bits per heavy atom. The summed E-state index contributed by atoms with van der Waals surface area (Å²) in [5.74, 6) is -0.196. The van der Waals surface area contributed by atoms with Gasteiger partial charge in [0.15, 0.2) is 0 Å². The molecule has 2 N–H and O–H groups in total. The van der Waals surface area contributed by atoms with Crippen molar-refractivity contribution in [3.63, 3.8) is 0 Å². The van der Waals surface area contributed by atoms with E-state index in [9.17, 15) is 14.4 Å². The number of amides is 2. The van der Waals surface area contributed by atoms with Crippen LogP contribution in [-0.4, -0.2) is 58.0 Å². The van der Waals surface area contributed by atoms with Gasteiger partial charge in [-0.25, -0.2) is 0 Å². The normalized spacial score (nSPS) is 16.1. The molecular weight excluding hydrogens is 224 g/mol. The first kappa shape index (κ1) is 11.4. The van der Waals surface area contributed by atoms with Crippen LogP contribution in [0.4, 0.5) is 0 Å². The quantitative estimate of drug-likeness (QED) is 0.658. The SMILES string of the molecule is CC(=O)N1CCN(C(=O)c2cc(=O)[nH][nH]2)CC1. The van der Waals surface area contributed by atoms with Crippen molar-refractivity contribution in [2.45, 2.75) is 6.92 Å². The van der Waals surface area contributed by atoms with E-state index in [4.69, 9.17) is 0 Å². The minimum absolute atomic E-state index is 0.0205. The molecule has 92 valence electrons. The first-order chi connectivity index (χ1) is 8.08. The van der Waals surface area contributed by atoms with Crippen LogP contribution in [0.1, 0.15) is 17.4 Å². The fraction of sp³-hybridized carbons (Fsp3) is 0.500. The van der Waals surface area contributed by atoms with Gasteiger partial charge in [0.25, 0.3) is 11.5 Å². The van der Waals surface area contributed by atoms with Gasteiger partial charge < -0.3 is 9.80 Å². The lowest BCUT2D eigenvalue weighted by Gasteiger charge is -2.33. The Hall–Kier alpha value is -2.05. The Labute approximate surface area is 97.4 Å². The molecule has 2 amide bonds. The second-order valence-electron chi connectivity index (χ2n) is 3.97. The molecule has 2 rings (SSSR count). The van der Waals surface area contributed by atoms with Gasteiger partial charge in [-0.1, -0.05) is 0 Å². The van der Waals surface area contributed by atoms with Gasteiger partial charge in [0, 0.05) is 39.2 Å². The van der Waals surface area contributed by atoms with Crippen LogP contribution >= 0.6 is 0 Å². The van der Waals surface area contributed by atoms with Crippen LogP contribution in [0, 0.1) is 0 Å². The molecule has 0 bridgehead atoms. The zero-order valence-corrected chi connectivity index (χ0v) is 9.52. The summed E-state index contributed by atoms with van der Waals surface area (Å²) in [5.41, 5.74) is -0.0676. The summed E-state index contributed by atoms with van der Waals surface area (Å²) in [7, 11) is 0. The molecule has 1 fully saturated rings. The van der Waals surface area contributed by atoms with E-state index in [0.717, 1.165) is 0 Å². The third kappa shape index (κ3) is 2.38. The summed E-state index contributed by atoms with van der Waals surface area (Å²) >= 11 is 0. The molecule has 1 aromatic heterocycles. The van der Waals surface area contributed by atoms with Gasteiger partial charge in [-0.05, 0) is 0 Å². The number of nitrogens with one attached hydrogen (secondary N) is 2. The zero-order valence-electron chi connectivity index (χ0n) is 9.52. The Morgan fingerprint density at radius 2 is 1.71 bits per heavy atom. The maximum Gasteiger partial charge on any atom is 0.272 e. The van der Waals surface area contributed by atoms with Gasteiger partial charge in [0.2, 0.25) is 5.91 Å². The van der Waals surface area contributed by atoms with Crippen molar-refractivity contribution >= 4 is 11.8 Å². The van der Waals surface area contributed by atoms with Gasteiger partial charge in [0.05, 0.1) is 0 Å². The number of piperazine rings is 1. The van der Waals surface area contributed by atoms with Crippen LogP contribution < -0.4 is 5.56 Å². The van der Waals surface area contributed by atoms with Crippen molar-refractivity contribution in [2.24, 2.45) is 0 Å². The Morgan fingerprint density at radius 3 is 2.18 bits per heavy atom. The molecule has 7 heteroatoms. The second-order valence-corrected chi connectivity index (χ2v) is 3.97. The van der Waals surface area contributed by atoms with Crippen molar-refractivity contribution in [1.82, 2.24) is 20.0 Å². The molecule has 1 aliphatic heterocycles. The predicted octanol–water partition coefficient (Wildman–Crippen LogP) is -0.993. The molecule has 0 atom stereocenters. The molecule has 0 saturated carbocycles. The lowest BCUT2D eigenvalue weighted by Crippen LogP contribution is -2.50. The van der Waals surface area contributed by atoms with E-state index in [1.165, 1.54) is 13.0 Å². The number of aromatic amines is 2. The first-order valence-electron chi connectivity index (χ1n) is 5.40. The van der Waals surface area contributed by atoms with E-state index in [-0.39, 0.29) is 23.1 Å². The molecule has 2 heterocycles. The van der Waals surface area contributed by atoms with Crippen molar-refractivity contribution in [2.75, 3.05) is 26.2 Å². The third-order valence-electron chi connectivity index (χ3n) is 2.84. The van der Waals surface area contributed by atoms with E-state index in [0.29, 0.717) is 26.2 Å². The Bertz CT molecular complexity index is 482. The third-order valence-corrected chi connectivity index (χ3v) is 2.84. The predicted molar refractivity (Wildman–Crippen MR) is 59.6 cm³/mol. The van der Waals surface area contributed by atoms with Crippen LogP contribution in [0.5, 0.6) is 0 Å². The van der Waals surface area contributed by atoms with Crippen LogP contribution in [-0.2, 0) is 4.79 Å². The highest BCUT2D eigenvalue weighted by molar-refractivity contribution is 5.92. The van der Waals surface area contributed by atoms with E-state index in [1.54, 1.807) is 9.80 Å². The zero-order chi connectivity index (χ0) is 12.4. The monoisotopic (exact) mass is 238 g/mol. The fourth-order valence-corrected chi connectivity index (χ4v) is 1.84. The number of rotatable bonds is 1. The number of aromatic nitrogens is 2. The fourth-order valence-electron chi connectivity index (χ4n) is 1.84. The second kappa shape index (κ2) is 4.44. The summed E-state index contributed by atoms with van der Waals surface area (Å²) in [5, 5.41) is 4.85. The number of nitrogens with zero attached hydrogens (tertiary/aromatic N) is 2. The van der Waals surface area contributed by atoms with Crippen molar-refractivity contribution in [3.8, 4) is 0 Å². The molecule has 1 aliphatic rings. The summed E-state index contributed by atoms with van der Waals surface area (Å²) in [6.45, 7) is 3.57. The highest BCUT2D eigenvalue weighted by Crippen LogP contribution is 2.05. The standard InChI is InChI=1S/C10H14N4O3/c1-7(15)13-2-4-14(5-3-13)10(17)8-6-9(16)12-11-8/h6H,2-5H2,1H3,(H2,11,12,16). The van der Waals surface area contributed by atoms with Gasteiger partial charge in [-0.15, -0.1) is 0 Å². The highest BCUT2D eigenvalue weighted by atomic mass is 16.2. The van der Waals surface area contributed by atoms with Gasteiger partial charge >= 0.3 is 0 Å². The van der Waals surface area contributed by atoms with Crippen LogP contribution in [0.15, 0.2) is 10.9 Å². The summed E-state index contributed by atoms with van der Waals surface area (Å²) in [6.07, 6.45) is 0. The van der Waals surface area contributed by atoms with Crippen LogP contribution in [0.3, 0.4) is 0 Å². The summed E-state index contributed by atoms with van der Waals surface area (Å²) in [4.78, 5) is 37.3. The van der Waals surface area contributed by atoms with E-state index >= 15 is 0 Å². The lowest BCUT2D eigenvalue weighted by atomic mass is 10.3. The number of carbonyl (C=O) groups is 2. The number of H-pyrrole nitrogens is 2. The average molecular weight is 238 g/mol. The van der Waals surface area contributed by atoms with Gasteiger partial charge in [-0.2, -0.15) is 0 Å². The molecule has 0 aromatic carbocycles. The maximum absolute atomic E-state index is 11.9. The molecule has 17 heavy (non-hydrogen) atoms. The van der Waals surface area contributed by atoms with Gasteiger partial charge in [-0.3, -0.25) is 24.6 Å². The highest BCUT2D eigenvalue weighted by Gasteiger charge is 2.23. The molecule has 0 spiro atoms. The molecule has 0 radical (unpaired) electrons. The lowest BCUT2D eigenvalue weighted by molar-refractivity contribution is -0.130. The molecule has 1 saturated heterocycles.